The number of primary amides is 1. The van der Waals surface area contributed by atoms with Gasteiger partial charge in [-0.2, -0.15) is 0 Å². The average Bonchev–Trinajstić information content (AvgIpc) is 0.766. The molecule has 11 bridgehead atoms. The second-order valence-electron chi connectivity index (χ2n) is 29.0. The molecule has 8 heterocycles. The van der Waals surface area contributed by atoms with Gasteiger partial charge in [0.25, 0.3) is 0 Å². The van der Waals surface area contributed by atoms with Crippen molar-refractivity contribution in [2.45, 2.75) is 201 Å². The third-order valence-corrected chi connectivity index (χ3v) is 20.0. The summed E-state index contributed by atoms with van der Waals surface area (Å²) < 4.78 is 51.7. The van der Waals surface area contributed by atoms with Crippen LogP contribution in [0, 0.1) is 5.92 Å². The van der Waals surface area contributed by atoms with Crippen molar-refractivity contribution in [1.29, 1.82) is 0 Å². The summed E-state index contributed by atoms with van der Waals surface area (Å²) in [5, 5.41) is 132. The van der Waals surface area contributed by atoms with E-state index >= 15 is 19.2 Å². The summed E-state index contributed by atoms with van der Waals surface area (Å²) >= 11 is 0. The number of phenols is 3. The van der Waals surface area contributed by atoms with Crippen LogP contribution in [-0.2, 0) is 62.0 Å². The molecule has 0 radical (unpaired) electrons. The Morgan fingerprint density at radius 3 is 1.77 bits per heavy atom. The van der Waals surface area contributed by atoms with Gasteiger partial charge in [-0.25, -0.2) is 4.79 Å². The molecule has 109 heavy (non-hydrogen) atoms. The van der Waals surface area contributed by atoms with Gasteiger partial charge in [-0.1, -0.05) is 44.2 Å². The molecule has 23 N–H and O–H groups in total. The highest BCUT2D eigenvalue weighted by atomic mass is 16.8. The lowest BCUT2D eigenvalue weighted by atomic mass is 9.86. The molecule has 0 unspecified atom stereocenters. The summed E-state index contributed by atoms with van der Waals surface area (Å²) in [7, 11) is 1.49. The van der Waals surface area contributed by atoms with Crippen molar-refractivity contribution in [1.82, 2.24) is 37.2 Å². The molecule has 8 aliphatic heterocycles. The number of carboxylic acid groups (broad SMARTS) is 1. The van der Waals surface area contributed by atoms with E-state index in [9.17, 15) is 70.2 Å². The SMILES string of the molecule is CN[C@H](CC(C)C)C(=O)N[C@H]1C(=O)N[C@@H](CC(N)=O)C(=O)N[C@H]2C(=O)N[C@H]3C(=O)N[C@H](C(=O)N[C@H](C(=O)O)c4cc(O)cc(O)c4-c4cc3ccc4O)[C@H](O[C@H]3C[C@](C)(N)[C@@H](O)[C@H](C)O3)c3ccc(cc3)Oc3cc2cc(c3O[C@@H]2O[C@H](CO)[C@@H](O)[C@H](O)[C@H]2O[C@H]2C[C@](C)(N)[C@@H](O)[C@H](C)O2)Oc2ccc(cc2)[C@H]1O. The molecule has 3 saturated heterocycles. The number of benzene rings is 5. The van der Waals surface area contributed by atoms with Crippen LogP contribution in [0.3, 0.4) is 0 Å². The summed E-state index contributed by atoms with van der Waals surface area (Å²) in [6.07, 6.45) is -22.0. The van der Waals surface area contributed by atoms with Gasteiger partial charge >= 0.3 is 5.97 Å². The molecule has 0 saturated carbocycles. The first-order chi connectivity index (χ1) is 51.4. The van der Waals surface area contributed by atoms with Crippen LogP contribution in [0.4, 0.5) is 0 Å². The third-order valence-electron chi connectivity index (χ3n) is 20.0. The Labute approximate surface area is 622 Å². The Hall–Kier alpha value is -9.90. The van der Waals surface area contributed by atoms with E-state index in [0.717, 1.165) is 42.5 Å². The van der Waals surface area contributed by atoms with Gasteiger partial charge in [-0.15, -0.1) is 0 Å². The number of aliphatic hydroxyl groups is 6. The number of amides is 7. The highest BCUT2D eigenvalue weighted by molar-refractivity contribution is 6.00. The number of phenolic OH excluding ortho intramolecular Hbond substituents is 3. The number of nitrogens with two attached hydrogens (primary N) is 3. The Morgan fingerprint density at radius 1 is 0.651 bits per heavy atom. The van der Waals surface area contributed by atoms with Crippen LogP contribution in [0.15, 0.2) is 91.0 Å². The van der Waals surface area contributed by atoms with Crippen molar-refractivity contribution in [2.24, 2.45) is 23.1 Å². The van der Waals surface area contributed by atoms with Crippen LogP contribution >= 0.6 is 0 Å². The summed E-state index contributed by atoms with van der Waals surface area (Å²) in [4.78, 5) is 119. The topological polar surface area (TPSA) is 575 Å². The summed E-state index contributed by atoms with van der Waals surface area (Å²) in [6, 6.07) is 3.50. The van der Waals surface area contributed by atoms with E-state index in [1.54, 1.807) is 0 Å². The van der Waals surface area contributed by atoms with E-state index in [0.29, 0.717) is 0 Å². The monoisotopic (exact) mass is 1520 g/mol. The maximum absolute atomic E-state index is 16.3. The van der Waals surface area contributed by atoms with Crippen molar-refractivity contribution >= 4 is 47.3 Å². The van der Waals surface area contributed by atoms with Crippen LogP contribution in [-0.4, -0.2) is 215 Å². The number of nitrogens with one attached hydrogen (secondary N) is 7. The number of carbonyl (C=O) groups excluding carboxylic acids is 7. The van der Waals surface area contributed by atoms with Gasteiger partial charge in [0.15, 0.2) is 36.2 Å². The molecule has 0 spiro atoms. The molecule has 36 heteroatoms. The van der Waals surface area contributed by atoms with E-state index in [4.69, 9.17) is 55.1 Å². The molecule has 8 aliphatic rings. The standard InChI is InChI=1S/C73H90N10O26/c1-28(2)18-40(77-7)64(94)82-54-56(89)31-8-13-36(14-9-31)104-44-20-34-21-45(60(44)109-71-61(58(91)57(90)46(27-84)106-71)108-49-26-73(6,76)63(93)30(4)103-49)105-37-15-10-32(11-16-37)59(107-48-25-72(5,75)62(92)29(3)102-48)55-69(99)81-53(70(100)101)39-22-35(85)23-43(87)50(39)38-19-33(12-17-42(38)86)51(66(96)83-55)80-67(97)52(34)79-65(95)41(24-47(74)88)78-68(54)98/h8-17,19-23,28-30,40-41,46,48-49,51-59,61-63,71,77,84-87,89-93H,18,24-27,75-76H2,1-7H3,(H2,74,88)(H,78,98)(H,79,95)(H,80,97)(H,81,99)(H,82,94)(H,83,96)(H,100,101)/t29-,30-,40+,41-,46+,48-,49-,51+,52+,53-,54+,55-,56+,57+,58-,59+,61+,62-,63-,71-,72-,73-/m0/s1. The van der Waals surface area contributed by atoms with Crippen LogP contribution in [0.2, 0.25) is 0 Å². The van der Waals surface area contributed by atoms with E-state index in [1.165, 1.54) is 83.3 Å². The number of carboxylic acids is 1. The van der Waals surface area contributed by atoms with Gasteiger partial charge in [0.1, 0.15) is 89.5 Å². The number of aliphatic hydroxyl groups excluding tert-OH is 6. The Bertz CT molecular complexity index is 4260. The number of fused-ring (bicyclic) bond motifs is 15. The normalized spacial score (nSPS) is 32.4. The van der Waals surface area contributed by atoms with Crippen molar-refractivity contribution in [3.8, 4) is 57.1 Å². The molecule has 588 valence electrons. The molecular formula is C73H90N10O26. The Balaban J connectivity index is 1.17. The number of aromatic hydroxyl groups is 3. The molecule has 5 aromatic rings. The highest BCUT2D eigenvalue weighted by Gasteiger charge is 2.52. The minimum atomic E-state index is -2.31. The molecule has 3 fully saturated rings. The van der Waals surface area contributed by atoms with Crippen LogP contribution < -0.4 is 68.6 Å². The summed E-state index contributed by atoms with van der Waals surface area (Å²) in [5.74, 6) is -14.9. The van der Waals surface area contributed by atoms with Gasteiger partial charge in [0.2, 0.25) is 53.4 Å². The predicted molar refractivity (Wildman–Crippen MR) is 376 cm³/mol. The minimum absolute atomic E-state index is 0.0277. The molecular weight excluding hydrogens is 1430 g/mol. The zero-order valence-electron chi connectivity index (χ0n) is 60.1. The second-order valence-corrected chi connectivity index (χ2v) is 29.0. The lowest BCUT2D eigenvalue weighted by Gasteiger charge is -2.47. The van der Waals surface area contributed by atoms with Crippen molar-refractivity contribution in [3.63, 3.8) is 0 Å². The number of ether oxygens (including phenoxy) is 8. The van der Waals surface area contributed by atoms with Gasteiger partial charge < -0.3 is 143 Å². The molecule has 22 atom stereocenters. The van der Waals surface area contributed by atoms with E-state index in [-0.39, 0.29) is 53.4 Å². The predicted octanol–water partition coefficient (Wildman–Crippen LogP) is -0.963. The second kappa shape index (κ2) is 32.3. The van der Waals surface area contributed by atoms with Gasteiger partial charge in [-0.3, -0.25) is 33.6 Å². The first-order valence-corrected chi connectivity index (χ1v) is 35.1. The number of likely N-dealkylation sites (N-methyl/N-ethyl adjacent to an activating group) is 1. The maximum atomic E-state index is 16.3. The molecule has 0 aromatic heterocycles. The van der Waals surface area contributed by atoms with E-state index < -0.39 is 250 Å². The first kappa shape index (κ1) is 80.1. The minimum Gasteiger partial charge on any atom is -0.508 e. The van der Waals surface area contributed by atoms with Crippen LogP contribution in [0.25, 0.3) is 11.1 Å². The Kier molecular flexibility index (Phi) is 23.8. The van der Waals surface area contributed by atoms with Crippen LogP contribution in [0.5, 0.6) is 46.0 Å². The molecule has 7 amide bonds. The number of hydrogen-bond donors (Lipinski definition) is 20. The lowest BCUT2D eigenvalue weighted by Crippen LogP contribution is -2.64. The van der Waals surface area contributed by atoms with Gasteiger partial charge in [0.05, 0.1) is 43.5 Å². The largest absolute Gasteiger partial charge is 0.508 e. The molecule has 5 aromatic carbocycles. The Morgan fingerprint density at radius 2 is 1.21 bits per heavy atom. The average molecular weight is 1520 g/mol. The maximum Gasteiger partial charge on any atom is 0.330 e. The smallest absolute Gasteiger partial charge is 0.330 e. The summed E-state index contributed by atoms with van der Waals surface area (Å²) in [5.41, 5.74) is 13.8. The molecule has 0 aliphatic carbocycles. The first-order valence-electron chi connectivity index (χ1n) is 35.1. The number of hydrogen-bond acceptors (Lipinski definition) is 28. The zero-order chi connectivity index (χ0) is 79.2. The van der Waals surface area contributed by atoms with Crippen LogP contribution in [0.1, 0.15) is 125 Å². The molecule has 13 rings (SSSR count). The quantitative estimate of drug-likeness (QED) is 0.0600. The summed E-state index contributed by atoms with van der Waals surface area (Å²) in [6.45, 7) is 8.73. The lowest BCUT2D eigenvalue weighted by molar-refractivity contribution is -0.333. The number of rotatable bonds is 15. The van der Waals surface area contributed by atoms with Crippen molar-refractivity contribution in [3.05, 3.63) is 119 Å². The fourth-order valence-corrected chi connectivity index (χ4v) is 14.2. The number of aliphatic carboxylic acids is 1. The van der Waals surface area contributed by atoms with E-state index in [1.807, 2.05) is 13.8 Å². The third kappa shape index (κ3) is 17.3. The number of carbonyl (C=O) groups is 8. The van der Waals surface area contributed by atoms with E-state index in [2.05, 4.69) is 37.2 Å². The fourth-order valence-electron chi connectivity index (χ4n) is 14.2. The highest BCUT2D eigenvalue weighted by Crippen LogP contribution is 2.49. The van der Waals surface area contributed by atoms with Crippen molar-refractivity contribution < 1.29 is 127 Å². The van der Waals surface area contributed by atoms with Crippen molar-refractivity contribution in [2.75, 3.05) is 13.7 Å². The zero-order valence-corrected chi connectivity index (χ0v) is 60.1. The van der Waals surface area contributed by atoms with Gasteiger partial charge in [0, 0.05) is 46.7 Å². The van der Waals surface area contributed by atoms with Gasteiger partial charge in [-0.05, 0) is 124 Å². The molecule has 36 nitrogen and oxygen atoms in total. The fraction of sp³-hybridized carbons (Fsp3) is 0.479.